The number of cyclic esters (lactones) is 2. The Kier molecular flexibility index (Phi) is 11.4. The highest BCUT2D eigenvalue weighted by Gasteiger charge is 2.45. The van der Waals surface area contributed by atoms with Gasteiger partial charge in [0.25, 0.3) is 0 Å². The molecule has 5 atom stereocenters. The van der Waals surface area contributed by atoms with Gasteiger partial charge in [0.15, 0.2) is 6.29 Å². The summed E-state index contributed by atoms with van der Waals surface area (Å²) in [6, 6.07) is -1.05. The third kappa shape index (κ3) is 9.08. The second-order valence-corrected chi connectivity index (χ2v) is 7.86. The van der Waals surface area contributed by atoms with Gasteiger partial charge in [-0.1, -0.05) is 0 Å². The quantitative estimate of drug-likeness (QED) is 0.0906. The van der Waals surface area contributed by atoms with E-state index in [4.69, 9.17) is 14.2 Å². The number of ketones is 1. The molecule has 5 N–H and O–H groups in total. The summed E-state index contributed by atoms with van der Waals surface area (Å²) in [5.41, 5.74) is -0.0318. The zero-order valence-corrected chi connectivity index (χ0v) is 19.1. The molecule has 2 rings (SSSR count). The third-order valence-electron chi connectivity index (χ3n) is 5.10. The molecule has 14 nitrogen and oxygen atoms in total. The number of nitrogens with one attached hydrogen (secondary N) is 2. The molecule has 0 spiro atoms. The smallest absolute Gasteiger partial charge is 0.342 e. The van der Waals surface area contributed by atoms with Crippen LogP contribution < -0.4 is 10.6 Å². The summed E-state index contributed by atoms with van der Waals surface area (Å²) in [5.74, 6) is -2.91. The second kappa shape index (κ2) is 14.0. The average Bonchev–Trinajstić information content (AvgIpc) is 3.12. The molecule has 0 aromatic rings. The van der Waals surface area contributed by atoms with Crippen molar-refractivity contribution in [2.75, 3.05) is 33.0 Å². The predicted molar refractivity (Wildman–Crippen MR) is 113 cm³/mol. The third-order valence-corrected chi connectivity index (χ3v) is 5.10. The molecule has 2 aliphatic rings. The second-order valence-electron chi connectivity index (χ2n) is 7.86. The monoisotopic (exact) mass is 502 g/mol. The van der Waals surface area contributed by atoms with Crippen LogP contribution in [0.4, 0.5) is 0 Å². The molecule has 0 bridgehead atoms. The van der Waals surface area contributed by atoms with Crippen molar-refractivity contribution in [3.05, 3.63) is 11.6 Å². The van der Waals surface area contributed by atoms with Crippen LogP contribution in [0.3, 0.4) is 0 Å². The lowest BCUT2D eigenvalue weighted by molar-refractivity contribution is -0.272. The van der Waals surface area contributed by atoms with E-state index in [0.717, 1.165) is 6.08 Å². The molecule has 2 heterocycles. The van der Waals surface area contributed by atoms with Crippen LogP contribution in [0, 0.1) is 0 Å². The lowest BCUT2D eigenvalue weighted by Crippen LogP contribution is -2.64. The summed E-state index contributed by atoms with van der Waals surface area (Å²) in [6.45, 7) is 1.03. The highest BCUT2D eigenvalue weighted by atomic mass is 16.7. The van der Waals surface area contributed by atoms with E-state index in [2.05, 4.69) is 15.4 Å². The number of aliphatic hydroxyl groups is 3. The lowest BCUT2D eigenvalue weighted by Gasteiger charge is -2.42. The number of carbonyl (C=O) groups is 5. The molecule has 196 valence electrons. The van der Waals surface area contributed by atoms with Crippen molar-refractivity contribution in [1.29, 1.82) is 0 Å². The standard InChI is InChI=1S/C21H30N2O12/c1-11(25)23-17-19(30)18(29)14(10-24)34-21(17)33-7-6-32-5-4-22-15(27)3-2-13(26)8-12-9-16(28)35-20(12)31/h9,14,17-19,21,24,29-30H,2-8,10H2,1H3,(H,22,27)(H,23,25). The van der Waals surface area contributed by atoms with Crippen LogP contribution in [0.1, 0.15) is 26.2 Å². The van der Waals surface area contributed by atoms with Crippen molar-refractivity contribution in [2.24, 2.45) is 0 Å². The van der Waals surface area contributed by atoms with Crippen molar-refractivity contribution in [1.82, 2.24) is 10.6 Å². The van der Waals surface area contributed by atoms with Crippen molar-refractivity contribution in [3.63, 3.8) is 0 Å². The topological polar surface area (TPSA) is 207 Å². The van der Waals surface area contributed by atoms with Gasteiger partial charge in [-0.15, -0.1) is 0 Å². The molecule has 35 heavy (non-hydrogen) atoms. The predicted octanol–water partition coefficient (Wildman–Crippen LogP) is -3.17. The van der Waals surface area contributed by atoms with Gasteiger partial charge >= 0.3 is 11.9 Å². The maximum Gasteiger partial charge on any atom is 0.342 e. The minimum absolute atomic E-state index is 0.00898. The minimum atomic E-state index is -1.41. The van der Waals surface area contributed by atoms with E-state index >= 15 is 0 Å². The largest absolute Gasteiger partial charge is 0.394 e. The van der Waals surface area contributed by atoms with Gasteiger partial charge in [-0.05, 0) is 0 Å². The normalized spacial score (nSPS) is 26.2. The lowest BCUT2D eigenvalue weighted by atomic mass is 9.97. The van der Waals surface area contributed by atoms with Gasteiger partial charge in [0, 0.05) is 38.8 Å². The van der Waals surface area contributed by atoms with E-state index in [-0.39, 0.29) is 57.0 Å². The van der Waals surface area contributed by atoms with E-state index in [1.807, 2.05) is 0 Å². The number of hydrogen-bond donors (Lipinski definition) is 5. The summed E-state index contributed by atoms with van der Waals surface area (Å²) in [4.78, 5) is 57.3. The first-order chi connectivity index (χ1) is 16.6. The summed E-state index contributed by atoms with van der Waals surface area (Å²) in [6.07, 6.45) is -4.56. The number of aliphatic hydroxyl groups excluding tert-OH is 3. The van der Waals surface area contributed by atoms with Crippen LogP contribution in [0.25, 0.3) is 0 Å². The molecule has 0 radical (unpaired) electrons. The molecule has 1 saturated heterocycles. The number of esters is 2. The average molecular weight is 502 g/mol. The highest BCUT2D eigenvalue weighted by molar-refractivity contribution is 6.11. The summed E-state index contributed by atoms with van der Waals surface area (Å²) in [7, 11) is 0. The fraction of sp³-hybridized carbons (Fsp3) is 0.667. The Bertz CT molecular complexity index is 829. The van der Waals surface area contributed by atoms with Gasteiger partial charge < -0.3 is 44.9 Å². The molecule has 2 aliphatic heterocycles. The molecule has 14 heteroatoms. The Morgan fingerprint density at radius 3 is 2.46 bits per heavy atom. The van der Waals surface area contributed by atoms with Crippen LogP contribution in [0.5, 0.6) is 0 Å². The van der Waals surface area contributed by atoms with Crippen molar-refractivity contribution >= 4 is 29.5 Å². The van der Waals surface area contributed by atoms with Crippen molar-refractivity contribution in [2.45, 2.75) is 56.8 Å². The molecular weight excluding hydrogens is 472 g/mol. The molecule has 2 amide bonds. The van der Waals surface area contributed by atoms with E-state index in [1.165, 1.54) is 6.92 Å². The van der Waals surface area contributed by atoms with Crippen LogP contribution in [0.2, 0.25) is 0 Å². The molecule has 0 aromatic heterocycles. The van der Waals surface area contributed by atoms with Crippen LogP contribution in [0.15, 0.2) is 11.6 Å². The SMILES string of the molecule is CC(=O)NC1C(OCCOCCNC(=O)CCC(=O)CC2=CC(=O)OC2=O)OC(CO)C(O)C1O. The summed E-state index contributed by atoms with van der Waals surface area (Å²) >= 11 is 0. The van der Waals surface area contributed by atoms with Gasteiger partial charge in [0.05, 0.1) is 32.0 Å². The number of ether oxygens (including phenoxy) is 4. The van der Waals surface area contributed by atoms with Crippen LogP contribution in [-0.2, 0) is 42.9 Å². The molecule has 0 aromatic carbocycles. The first kappa shape index (κ1) is 28.5. The fourth-order valence-corrected chi connectivity index (χ4v) is 3.35. The van der Waals surface area contributed by atoms with Gasteiger partial charge in [0.1, 0.15) is 30.1 Å². The maximum atomic E-state index is 11.8. The summed E-state index contributed by atoms with van der Waals surface area (Å²) in [5, 5.41) is 34.4. The Balaban J connectivity index is 1.59. The van der Waals surface area contributed by atoms with E-state index in [1.54, 1.807) is 0 Å². The van der Waals surface area contributed by atoms with Gasteiger partial charge in [-0.3, -0.25) is 14.4 Å². The zero-order valence-electron chi connectivity index (χ0n) is 19.1. The summed E-state index contributed by atoms with van der Waals surface area (Å²) < 4.78 is 20.5. The highest BCUT2D eigenvalue weighted by Crippen LogP contribution is 2.22. The van der Waals surface area contributed by atoms with Gasteiger partial charge in [0.2, 0.25) is 11.8 Å². The molecule has 0 saturated carbocycles. The van der Waals surface area contributed by atoms with E-state index < -0.39 is 61.0 Å². The first-order valence-corrected chi connectivity index (χ1v) is 11.0. The molecule has 1 fully saturated rings. The van der Waals surface area contributed by atoms with Crippen molar-refractivity contribution < 1.29 is 58.2 Å². The van der Waals surface area contributed by atoms with Crippen LogP contribution in [-0.4, -0.2) is 108 Å². The van der Waals surface area contributed by atoms with Crippen molar-refractivity contribution in [3.8, 4) is 0 Å². The Labute approximate surface area is 200 Å². The van der Waals surface area contributed by atoms with E-state index in [0.29, 0.717) is 0 Å². The Morgan fingerprint density at radius 2 is 1.83 bits per heavy atom. The maximum absolute atomic E-state index is 11.8. The number of hydrogen-bond acceptors (Lipinski definition) is 12. The Hall–Kier alpha value is -2.75. The number of carbonyl (C=O) groups excluding carboxylic acids is 5. The van der Waals surface area contributed by atoms with E-state index in [9.17, 15) is 39.3 Å². The Morgan fingerprint density at radius 1 is 1.09 bits per heavy atom. The fourth-order valence-electron chi connectivity index (χ4n) is 3.35. The molecule has 5 unspecified atom stereocenters. The molecule has 0 aliphatic carbocycles. The van der Waals surface area contributed by atoms with Gasteiger partial charge in [-0.25, -0.2) is 9.59 Å². The number of amides is 2. The first-order valence-electron chi connectivity index (χ1n) is 11.0. The van der Waals surface area contributed by atoms with Gasteiger partial charge in [-0.2, -0.15) is 0 Å². The number of rotatable bonds is 14. The zero-order chi connectivity index (χ0) is 26.0. The van der Waals surface area contributed by atoms with Crippen LogP contribution >= 0.6 is 0 Å². The minimum Gasteiger partial charge on any atom is -0.394 e. The number of Topliss-reactive ketones (excluding diaryl/α,β-unsaturated/α-hetero) is 1. The molecular formula is C21H30N2O12.